The Morgan fingerprint density at radius 1 is 1.18 bits per heavy atom. The van der Waals surface area contributed by atoms with E-state index in [1.54, 1.807) is 38.1 Å². The molecule has 208 valence electrons. The van der Waals surface area contributed by atoms with Crippen molar-refractivity contribution in [2.24, 2.45) is 5.92 Å². The molecule has 2 fully saturated rings. The van der Waals surface area contributed by atoms with Crippen LogP contribution in [0.1, 0.15) is 76.3 Å². The van der Waals surface area contributed by atoms with Crippen molar-refractivity contribution in [3.8, 4) is 0 Å². The maximum Gasteiger partial charge on any atom is 0.414 e. The molecule has 1 aromatic rings. The Morgan fingerprint density at radius 3 is 2.39 bits per heavy atom. The summed E-state index contributed by atoms with van der Waals surface area (Å²) in [6, 6.07) is 4.87. The second-order valence-corrected chi connectivity index (χ2v) is 11.0. The van der Waals surface area contributed by atoms with Crippen LogP contribution in [0.5, 0.6) is 0 Å². The van der Waals surface area contributed by atoms with Gasteiger partial charge in [0.2, 0.25) is 0 Å². The molecule has 1 atom stereocenters. The van der Waals surface area contributed by atoms with Gasteiger partial charge in [-0.3, -0.25) is 0 Å². The normalized spacial score (nSPS) is 24.4. The number of benzene rings is 1. The largest absolute Gasteiger partial charge is 0.414 e. The lowest BCUT2D eigenvalue weighted by molar-refractivity contribution is -0.0994. The van der Waals surface area contributed by atoms with Gasteiger partial charge in [0.25, 0.3) is 6.43 Å². The van der Waals surface area contributed by atoms with Crippen LogP contribution in [-0.2, 0) is 5.54 Å². The maximum absolute atomic E-state index is 13.8. The van der Waals surface area contributed by atoms with Gasteiger partial charge in [0.15, 0.2) is 0 Å². The van der Waals surface area contributed by atoms with E-state index in [2.05, 4.69) is 17.2 Å². The lowest BCUT2D eigenvalue weighted by Gasteiger charge is -2.36. The Bertz CT molecular complexity index is 1110. The average molecular weight is 556 g/mol. The van der Waals surface area contributed by atoms with Crippen LogP contribution in [0.3, 0.4) is 0 Å². The molecule has 0 bridgehead atoms. The Balaban J connectivity index is 1.39. The fourth-order valence-corrected chi connectivity index (χ4v) is 5.70. The molecule has 0 spiro atoms. The topological polar surface area (TPSA) is 27.3 Å². The third-order valence-corrected chi connectivity index (χ3v) is 8.23. The lowest BCUT2D eigenvalue weighted by Crippen LogP contribution is -2.45. The molecule has 3 aliphatic rings. The second kappa shape index (κ2) is 11.4. The number of hydrogen-bond donors (Lipinski definition) is 2. The van der Waals surface area contributed by atoms with Gasteiger partial charge in [-0.2, -0.15) is 13.2 Å². The lowest BCUT2D eigenvalue weighted by atomic mass is 9.89. The van der Waals surface area contributed by atoms with Crippen molar-refractivity contribution in [2.45, 2.75) is 89.0 Å². The highest BCUT2D eigenvalue weighted by atomic mass is 35.5. The molecule has 2 saturated carbocycles. The zero-order valence-corrected chi connectivity index (χ0v) is 22.5. The van der Waals surface area contributed by atoms with Crippen LogP contribution in [-0.4, -0.2) is 23.2 Å². The summed E-state index contributed by atoms with van der Waals surface area (Å²) in [4.78, 5) is 1.50. The van der Waals surface area contributed by atoms with Crippen LogP contribution in [0.4, 0.5) is 22.0 Å². The van der Waals surface area contributed by atoms with E-state index in [0.29, 0.717) is 23.0 Å². The fourth-order valence-electron chi connectivity index (χ4n) is 5.33. The van der Waals surface area contributed by atoms with Crippen LogP contribution >= 0.6 is 11.6 Å². The zero-order chi connectivity index (χ0) is 27.7. The molecule has 38 heavy (non-hydrogen) atoms. The van der Waals surface area contributed by atoms with Crippen LogP contribution in [0, 0.1) is 5.92 Å². The Kier molecular flexibility index (Phi) is 8.62. The number of allylic oxidation sites excluding steroid dienone is 4. The highest BCUT2D eigenvalue weighted by molar-refractivity contribution is 6.31. The van der Waals surface area contributed by atoms with Crippen molar-refractivity contribution in [3.05, 3.63) is 82.4 Å². The molecule has 0 amide bonds. The van der Waals surface area contributed by atoms with Gasteiger partial charge in [-0.05, 0) is 74.6 Å². The van der Waals surface area contributed by atoms with Crippen molar-refractivity contribution in [1.29, 1.82) is 0 Å². The van der Waals surface area contributed by atoms with Gasteiger partial charge in [-0.15, -0.1) is 0 Å². The van der Waals surface area contributed by atoms with E-state index in [1.165, 1.54) is 23.2 Å². The van der Waals surface area contributed by atoms with Crippen molar-refractivity contribution in [2.75, 3.05) is 0 Å². The van der Waals surface area contributed by atoms with E-state index in [4.69, 9.17) is 11.6 Å². The fraction of sp³-hybridized carbons (Fsp3) is 0.517. The van der Waals surface area contributed by atoms with E-state index in [9.17, 15) is 22.0 Å². The SMILES string of the molecule is C=C1C=CC=C(NC2CCC(NC3(c4ccc(C(F)F)cc4Cl)CC3)CC2)N1/C=C(\C(C)CC)C(F)(F)F. The summed E-state index contributed by atoms with van der Waals surface area (Å²) in [6.07, 6.45) is 5.10. The molecule has 9 heteroatoms. The Labute approximate surface area is 226 Å². The standard InChI is InChI=1S/C29H35ClF5N3/c1-4-18(2)24(29(33,34)35)17-38-19(3)6-5-7-26(38)36-21-9-11-22(12-10-21)37-28(14-15-28)23-13-8-20(27(31)32)16-25(23)30/h5-8,13,16-18,21-22,27,36-37H,3-4,9-12,14-15H2,1-2H3/b24-17+. The van der Waals surface area contributed by atoms with Crippen molar-refractivity contribution in [1.82, 2.24) is 15.5 Å². The van der Waals surface area contributed by atoms with Crippen molar-refractivity contribution in [3.63, 3.8) is 0 Å². The van der Waals surface area contributed by atoms with E-state index < -0.39 is 24.1 Å². The van der Waals surface area contributed by atoms with Gasteiger partial charge < -0.3 is 15.5 Å². The third-order valence-electron chi connectivity index (χ3n) is 7.92. The number of nitrogens with zero attached hydrogens (tertiary/aromatic N) is 1. The van der Waals surface area contributed by atoms with Gasteiger partial charge in [0.05, 0.1) is 5.57 Å². The van der Waals surface area contributed by atoms with Gasteiger partial charge >= 0.3 is 6.18 Å². The first-order valence-electron chi connectivity index (χ1n) is 13.2. The van der Waals surface area contributed by atoms with Crippen LogP contribution in [0.15, 0.2) is 66.3 Å². The highest BCUT2D eigenvalue weighted by Crippen LogP contribution is 2.49. The van der Waals surface area contributed by atoms with Crippen LogP contribution in [0.25, 0.3) is 0 Å². The minimum Gasteiger partial charge on any atom is -0.368 e. The summed E-state index contributed by atoms with van der Waals surface area (Å²) >= 11 is 6.38. The zero-order valence-electron chi connectivity index (χ0n) is 21.7. The molecule has 1 aromatic carbocycles. The summed E-state index contributed by atoms with van der Waals surface area (Å²) in [5.41, 5.74) is 0.410. The maximum atomic E-state index is 13.8. The first-order chi connectivity index (χ1) is 17.9. The first kappa shape index (κ1) is 28.7. The molecule has 2 N–H and O–H groups in total. The van der Waals surface area contributed by atoms with Crippen molar-refractivity contribution >= 4 is 11.6 Å². The minimum absolute atomic E-state index is 0.0777. The molecule has 1 aliphatic heterocycles. The summed E-state index contributed by atoms with van der Waals surface area (Å²) in [7, 11) is 0. The van der Waals surface area contributed by atoms with Crippen LogP contribution < -0.4 is 10.6 Å². The molecule has 2 aliphatic carbocycles. The number of rotatable bonds is 9. The van der Waals surface area contributed by atoms with Gasteiger partial charge in [0, 0.05) is 40.1 Å². The summed E-state index contributed by atoms with van der Waals surface area (Å²) in [5.74, 6) is -0.0465. The third kappa shape index (κ3) is 6.45. The van der Waals surface area contributed by atoms with Gasteiger partial charge in [-0.1, -0.05) is 50.2 Å². The van der Waals surface area contributed by atoms with E-state index in [1.807, 2.05) is 0 Å². The average Bonchev–Trinajstić information content (AvgIpc) is 3.63. The molecule has 1 unspecified atom stereocenters. The van der Waals surface area contributed by atoms with E-state index >= 15 is 0 Å². The Hall–Kier alpha value is -2.32. The molecular weight excluding hydrogens is 521 g/mol. The predicted octanol–water partition coefficient (Wildman–Crippen LogP) is 8.48. The number of halogens is 6. The summed E-state index contributed by atoms with van der Waals surface area (Å²) in [5, 5.41) is 7.55. The van der Waals surface area contributed by atoms with Gasteiger partial charge in [0.1, 0.15) is 5.82 Å². The molecule has 0 saturated heterocycles. The Morgan fingerprint density at radius 2 is 1.84 bits per heavy atom. The molecule has 0 aromatic heterocycles. The van der Waals surface area contributed by atoms with Crippen LogP contribution in [0.2, 0.25) is 5.02 Å². The highest BCUT2D eigenvalue weighted by Gasteiger charge is 2.47. The number of nitrogens with one attached hydrogen (secondary N) is 2. The van der Waals surface area contributed by atoms with Gasteiger partial charge in [-0.25, -0.2) is 8.78 Å². The van der Waals surface area contributed by atoms with E-state index in [0.717, 1.165) is 44.1 Å². The number of hydrogen-bond acceptors (Lipinski definition) is 3. The quantitative estimate of drug-likeness (QED) is 0.299. The minimum atomic E-state index is -4.42. The molecule has 1 heterocycles. The first-order valence-corrected chi connectivity index (χ1v) is 13.6. The summed E-state index contributed by atoms with van der Waals surface area (Å²) < 4.78 is 67.4. The van der Waals surface area contributed by atoms with E-state index in [-0.39, 0.29) is 23.2 Å². The molecule has 4 rings (SSSR count). The molecule has 3 nitrogen and oxygen atoms in total. The smallest absolute Gasteiger partial charge is 0.368 e. The monoisotopic (exact) mass is 555 g/mol. The predicted molar refractivity (Wildman–Crippen MR) is 141 cm³/mol. The molecule has 0 radical (unpaired) electrons. The number of alkyl halides is 5. The summed E-state index contributed by atoms with van der Waals surface area (Å²) in [6.45, 7) is 7.28. The second-order valence-electron chi connectivity index (χ2n) is 10.6. The van der Waals surface area contributed by atoms with Crippen molar-refractivity contribution < 1.29 is 22.0 Å². The molecular formula is C29H35ClF5N3.